The fourth-order valence-electron chi connectivity index (χ4n) is 1.48. The Morgan fingerprint density at radius 3 is 2.53 bits per heavy atom. The summed E-state index contributed by atoms with van der Waals surface area (Å²) in [6, 6.07) is 1.89. The molecule has 15 heavy (non-hydrogen) atoms. The highest BCUT2D eigenvalue weighted by molar-refractivity contribution is 5.37. The molecule has 1 heterocycles. The Morgan fingerprint density at radius 1 is 1.40 bits per heavy atom. The second kappa shape index (κ2) is 4.96. The second-order valence-electron chi connectivity index (χ2n) is 4.41. The highest BCUT2D eigenvalue weighted by atomic mass is 16.1. The van der Waals surface area contributed by atoms with Gasteiger partial charge >= 0.3 is 0 Å². The number of H-pyrrole nitrogens is 1. The van der Waals surface area contributed by atoms with Crippen LogP contribution in [0.2, 0.25) is 0 Å². The van der Waals surface area contributed by atoms with Crippen molar-refractivity contribution in [2.75, 3.05) is 11.4 Å². The molecule has 0 bridgehead atoms. The summed E-state index contributed by atoms with van der Waals surface area (Å²) < 4.78 is 0. The van der Waals surface area contributed by atoms with Crippen LogP contribution in [0, 0.1) is 5.92 Å². The van der Waals surface area contributed by atoms with E-state index < -0.39 is 0 Å². The third kappa shape index (κ3) is 3.38. The van der Waals surface area contributed by atoms with Crippen LogP contribution in [0.5, 0.6) is 0 Å². The average Bonchev–Trinajstić information content (AvgIpc) is 2.13. The molecule has 0 atom stereocenters. The van der Waals surface area contributed by atoms with E-state index in [1.807, 2.05) is 0 Å². The molecule has 0 amide bonds. The smallest absolute Gasteiger partial charge is 0.252 e. The van der Waals surface area contributed by atoms with E-state index in [-0.39, 0.29) is 5.56 Å². The van der Waals surface area contributed by atoms with Crippen LogP contribution >= 0.6 is 0 Å². The summed E-state index contributed by atoms with van der Waals surface area (Å²) in [5.74, 6) is 1.30. The van der Waals surface area contributed by atoms with E-state index in [2.05, 4.69) is 42.6 Å². The topological polar surface area (TPSA) is 49.0 Å². The van der Waals surface area contributed by atoms with Crippen molar-refractivity contribution in [2.24, 2.45) is 5.92 Å². The Kier molecular flexibility index (Phi) is 3.88. The van der Waals surface area contributed by atoms with Gasteiger partial charge in [-0.05, 0) is 19.8 Å². The minimum Gasteiger partial charge on any atom is -0.354 e. The molecule has 1 rings (SSSR count). The fraction of sp³-hybridized carbons (Fsp3) is 0.636. The molecule has 1 aromatic heterocycles. The summed E-state index contributed by atoms with van der Waals surface area (Å²) in [6.07, 6.45) is 1.45. The molecule has 0 aliphatic heterocycles. The SMILES string of the molecule is CC(C)CN(c1cc(=O)[nH]cn1)C(C)C. The molecule has 0 saturated heterocycles. The van der Waals surface area contributed by atoms with Gasteiger partial charge in [-0.2, -0.15) is 0 Å². The summed E-state index contributed by atoms with van der Waals surface area (Å²) in [5, 5.41) is 0. The number of rotatable bonds is 4. The van der Waals surface area contributed by atoms with Crippen LogP contribution in [0.15, 0.2) is 17.2 Å². The van der Waals surface area contributed by atoms with E-state index >= 15 is 0 Å². The molecular formula is C11H19N3O. The van der Waals surface area contributed by atoms with Crippen LogP contribution in [-0.2, 0) is 0 Å². The Hall–Kier alpha value is -1.32. The maximum atomic E-state index is 11.2. The Labute approximate surface area is 90.3 Å². The van der Waals surface area contributed by atoms with Crippen LogP contribution in [0.4, 0.5) is 5.82 Å². The molecule has 0 radical (unpaired) electrons. The predicted molar refractivity (Wildman–Crippen MR) is 62.2 cm³/mol. The molecule has 4 nitrogen and oxygen atoms in total. The first-order valence-corrected chi connectivity index (χ1v) is 5.32. The van der Waals surface area contributed by atoms with Gasteiger partial charge in [0.15, 0.2) is 0 Å². The van der Waals surface area contributed by atoms with E-state index in [0.717, 1.165) is 12.4 Å². The zero-order valence-electron chi connectivity index (χ0n) is 9.82. The first-order chi connectivity index (χ1) is 7.00. The lowest BCUT2D eigenvalue weighted by molar-refractivity contribution is 0.565. The fourth-order valence-corrected chi connectivity index (χ4v) is 1.48. The highest BCUT2D eigenvalue weighted by Gasteiger charge is 2.13. The van der Waals surface area contributed by atoms with Crippen molar-refractivity contribution in [3.63, 3.8) is 0 Å². The van der Waals surface area contributed by atoms with Crippen LogP contribution in [0.1, 0.15) is 27.7 Å². The molecular weight excluding hydrogens is 190 g/mol. The third-order valence-electron chi connectivity index (χ3n) is 2.14. The van der Waals surface area contributed by atoms with Crippen LogP contribution in [-0.4, -0.2) is 22.6 Å². The van der Waals surface area contributed by atoms with Gasteiger partial charge in [-0.15, -0.1) is 0 Å². The first kappa shape index (κ1) is 11.8. The van der Waals surface area contributed by atoms with Gasteiger partial charge in [-0.25, -0.2) is 4.98 Å². The number of nitrogens with zero attached hydrogens (tertiary/aromatic N) is 2. The molecule has 0 aliphatic carbocycles. The minimum atomic E-state index is -0.102. The minimum absolute atomic E-state index is 0.102. The van der Waals surface area contributed by atoms with E-state index in [1.165, 1.54) is 6.33 Å². The number of anilines is 1. The van der Waals surface area contributed by atoms with Gasteiger partial charge in [0.1, 0.15) is 5.82 Å². The lowest BCUT2D eigenvalue weighted by Gasteiger charge is -2.29. The molecule has 0 aliphatic rings. The quantitative estimate of drug-likeness (QED) is 0.820. The zero-order valence-corrected chi connectivity index (χ0v) is 9.82. The van der Waals surface area contributed by atoms with Crippen molar-refractivity contribution in [3.8, 4) is 0 Å². The molecule has 1 N–H and O–H groups in total. The van der Waals surface area contributed by atoms with Gasteiger partial charge in [-0.3, -0.25) is 4.79 Å². The standard InChI is InChI=1S/C11H19N3O/c1-8(2)6-14(9(3)4)10-5-11(15)13-7-12-10/h5,7-9H,6H2,1-4H3,(H,12,13,15). The predicted octanol–water partition coefficient (Wildman–Crippen LogP) is 1.64. The monoisotopic (exact) mass is 209 g/mol. The van der Waals surface area contributed by atoms with Crippen molar-refractivity contribution >= 4 is 5.82 Å². The number of hydrogen-bond acceptors (Lipinski definition) is 3. The highest BCUT2D eigenvalue weighted by Crippen LogP contribution is 2.13. The molecule has 84 valence electrons. The van der Waals surface area contributed by atoms with Crippen LogP contribution < -0.4 is 10.5 Å². The summed E-state index contributed by atoms with van der Waals surface area (Å²) in [5.41, 5.74) is -0.102. The molecule has 0 spiro atoms. The van der Waals surface area contributed by atoms with E-state index in [9.17, 15) is 4.79 Å². The van der Waals surface area contributed by atoms with Gasteiger partial charge in [0.05, 0.1) is 6.33 Å². The number of aromatic amines is 1. The molecule has 0 unspecified atom stereocenters. The lowest BCUT2D eigenvalue weighted by atomic mass is 10.2. The summed E-state index contributed by atoms with van der Waals surface area (Å²) in [6.45, 7) is 9.43. The second-order valence-corrected chi connectivity index (χ2v) is 4.41. The van der Waals surface area contributed by atoms with E-state index in [0.29, 0.717) is 12.0 Å². The van der Waals surface area contributed by atoms with Crippen molar-refractivity contribution in [2.45, 2.75) is 33.7 Å². The zero-order chi connectivity index (χ0) is 11.4. The van der Waals surface area contributed by atoms with Crippen LogP contribution in [0.3, 0.4) is 0 Å². The third-order valence-corrected chi connectivity index (χ3v) is 2.14. The molecule has 4 heteroatoms. The number of hydrogen-bond donors (Lipinski definition) is 1. The first-order valence-electron chi connectivity index (χ1n) is 5.32. The molecule has 0 fully saturated rings. The summed E-state index contributed by atoms with van der Waals surface area (Å²) in [7, 11) is 0. The van der Waals surface area contributed by atoms with Gasteiger partial charge < -0.3 is 9.88 Å². The van der Waals surface area contributed by atoms with Gasteiger partial charge in [0, 0.05) is 18.7 Å². The molecule has 0 saturated carbocycles. The largest absolute Gasteiger partial charge is 0.354 e. The van der Waals surface area contributed by atoms with Gasteiger partial charge in [-0.1, -0.05) is 13.8 Å². The molecule has 0 aromatic carbocycles. The Morgan fingerprint density at radius 2 is 2.07 bits per heavy atom. The lowest BCUT2D eigenvalue weighted by Crippen LogP contribution is -2.35. The van der Waals surface area contributed by atoms with Crippen molar-refractivity contribution in [3.05, 3.63) is 22.7 Å². The average molecular weight is 209 g/mol. The van der Waals surface area contributed by atoms with Gasteiger partial charge in [0.2, 0.25) is 0 Å². The van der Waals surface area contributed by atoms with E-state index in [1.54, 1.807) is 6.07 Å². The summed E-state index contributed by atoms with van der Waals surface area (Å²) in [4.78, 5) is 20.0. The maximum absolute atomic E-state index is 11.2. The maximum Gasteiger partial charge on any atom is 0.252 e. The Balaban J connectivity index is 2.93. The van der Waals surface area contributed by atoms with Crippen molar-refractivity contribution < 1.29 is 0 Å². The Bertz CT molecular complexity index is 357. The molecule has 1 aromatic rings. The van der Waals surface area contributed by atoms with E-state index in [4.69, 9.17) is 0 Å². The van der Waals surface area contributed by atoms with Crippen molar-refractivity contribution in [1.29, 1.82) is 0 Å². The summed E-state index contributed by atoms with van der Waals surface area (Å²) >= 11 is 0. The van der Waals surface area contributed by atoms with Crippen LogP contribution in [0.25, 0.3) is 0 Å². The van der Waals surface area contributed by atoms with Gasteiger partial charge in [0.25, 0.3) is 5.56 Å². The van der Waals surface area contributed by atoms with Crippen molar-refractivity contribution in [1.82, 2.24) is 9.97 Å². The normalized spacial score (nSPS) is 11.1. The number of nitrogens with one attached hydrogen (secondary N) is 1. The number of aromatic nitrogens is 2.